The summed E-state index contributed by atoms with van der Waals surface area (Å²) in [6.07, 6.45) is 1.67. The summed E-state index contributed by atoms with van der Waals surface area (Å²) in [4.78, 5) is 14.5. The van der Waals surface area contributed by atoms with E-state index < -0.39 is 10.8 Å². The molecule has 0 radical (unpaired) electrons. The Morgan fingerprint density at radius 2 is 1.72 bits per heavy atom. The highest BCUT2D eigenvalue weighted by atomic mass is 32.2. The van der Waals surface area contributed by atoms with Crippen LogP contribution in [-0.2, 0) is 23.1 Å². The third kappa shape index (κ3) is 4.15. The summed E-state index contributed by atoms with van der Waals surface area (Å²) in [7, 11) is 0.893. The van der Waals surface area contributed by atoms with Crippen LogP contribution in [0.2, 0.25) is 0 Å². The minimum Gasteiger partial charge on any atom is -0.337 e. The lowest BCUT2D eigenvalue weighted by atomic mass is 10.0. The van der Waals surface area contributed by atoms with Gasteiger partial charge < -0.3 is 4.90 Å². The summed E-state index contributed by atoms with van der Waals surface area (Å²) < 4.78 is 11.4. The van der Waals surface area contributed by atoms with E-state index in [1.54, 1.807) is 11.2 Å². The van der Waals surface area contributed by atoms with Crippen molar-refractivity contribution in [3.63, 3.8) is 0 Å². The Labute approximate surface area is 150 Å². The largest absolute Gasteiger partial charge is 0.337 e. The number of benzene rings is 3. The molecule has 0 bridgehead atoms. The van der Waals surface area contributed by atoms with Crippen LogP contribution in [-0.4, -0.2) is 28.3 Å². The van der Waals surface area contributed by atoms with Crippen LogP contribution >= 0.6 is 0 Å². The average Bonchev–Trinajstić information content (AvgIpc) is 2.61. The molecule has 0 N–H and O–H groups in total. The van der Waals surface area contributed by atoms with Gasteiger partial charge in [0.2, 0.25) is 0 Å². The van der Waals surface area contributed by atoms with E-state index in [2.05, 4.69) is 24.3 Å². The quantitative estimate of drug-likeness (QED) is 0.697. The molecule has 1 amide bonds. The Bertz CT molecular complexity index is 931. The Kier molecular flexibility index (Phi) is 5.29. The standard InChI is InChI=1S/C21H21NO2S/c1-22(14-19-11-6-9-17-8-3-4-12-20(17)19)21(23)18-10-5-7-16(13-18)15-25(2)24/h3-13H,14-15H2,1-2H3. The number of carbonyl (C=O) groups is 1. The van der Waals surface area contributed by atoms with Gasteiger partial charge >= 0.3 is 0 Å². The molecular formula is C21H21NO2S. The number of amides is 1. The van der Waals surface area contributed by atoms with Gasteiger partial charge in [-0.2, -0.15) is 0 Å². The highest BCUT2D eigenvalue weighted by molar-refractivity contribution is 7.83. The van der Waals surface area contributed by atoms with Gasteiger partial charge in [0.15, 0.2) is 0 Å². The van der Waals surface area contributed by atoms with Crippen molar-refractivity contribution in [3.05, 3.63) is 83.4 Å². The summed E-state index contributed by atoms with van der Waals surface area (Å²) in [5.74, 6) is 0.436. The van der Waals surface area contributed by atoms with Gasteiger partial charge in [-0.1, -0.05) is 54.6 Å². The number of fused-ring (bicyclic) bond motifs is 1. The molecule has 3 rings (SSSR count). The SMILES string of the molecule is CN(Cc1cccc2ccccc12)C(=O)c1cccc(CS(C)=O)c1. The third-order valence-corrected chi connectivity index (χ3v) is 4.92. The summed E-state index contributed by atoms with van der Waals surface area (Å²) in [5, 5.41) is 2.34. The first-order valence-electron chi connectivity index (χ1n) is 8.15. The molecule has 0 spiro atoms. The topological polar surface area (TPSA) is 37.4 Å². The zero-order valence-corrected chi connectivity index (χ0v) is 15.3. The molecule has 1 atom stereocenters. The molecule has 0 aliphatic heterocycles. The molecule has 0 fully saturated rings. The Morgan fingerprint density at radius 1 is 1.00 bits per heavy atom. The highest BCUT2D eigenvalue weighted by Gasteiger charge is 2.14. The van der Waals surface area contributed by atoms with Crippen molar-refractivity contribution < 1.29 is 9.00 Å². The molecular weight excluding hydrogens is 330 g/mol. The van der Waals surface area contributed by atoms with Crippen molar-refractivity contribution in [3.8, 4) is 0 Å². The van der Waals surface area contributed by atoms with E-state index in [4.69, 9.17) is 0 Å². The van der Waals surface area contributed by atoms with Crippen molar-refractivity contribution in [2.24, 2.45) is 0 Å². The smallest absolute Gasteiger partial charge is 0.253 e. The number of rotatable bonds is 5. The maximum atomic E-state index is 12.8. The third-order valence-electron chi connectivity index (χ3n) is 4.18. The van der Waals surface area contributed by atoms with Crippen molar-refractivity contribution >= 4 is 27.5 Å². The van der Waals surface area contributed by atoms with Gasteiger partial charge in [-0.25, -0.2) is 0 Å². The fraction of sp³-hybridized carbons (Fsp3) is 0.190. The maximum absolute atomic E-state index is 12.8. The first kappa shape index (κ1) is 17.4. The Hall–Kier alpha value is -2.46. The van der Waals surface area contributed by atoms with Crippen LogP contribution in [0.15, 0.2) is 66.7 Å². The van der Waals surface area contributed by atoms with Crippen LogP contribution in [0.5, 0.6) is 0 Å². The first-order chi connectivity index (χ1) is 12.0. The molecule has 4 heteroatoms. The van der Waals surface area contributed by atoms with Crippen LogP contribution in [0.25, 0.3) is 10.8 Å². The second-order valence-electron chi connectivity index (χ2n) is 6.22. The lowest BCUT2D eigenvalue weighted by Crippen LogP contribution is -2.26. The van der Waals surface area contributed by atoms with E-state index in [0.29, 0.717) is 17.9 Å². The molecule has 3 aromatic carbocycles. The van der Waals surface area contributed by atoms with Crippen molar-refractivity contribution in [2.45, 2.75) is 12.3 Å². The molecule has 0 aromatic heterocycles. The zero-order chi connectivity index (χ0) is 17.8. The maximum Gasteiger partial charge on any atom is 0.253 e. The summed E-state index contributed by atoms with van der Waals surface area (Å²) >= 11 is 0. The minimum absolute atomic E-state index is 0.0309. The Morgan fingerprint density at radius 3 is 2.52 bits per heavy atom. The zero-order valence-electron chi connectivity index (χ0n) is 14.4. The monoisotopic (exact) mass is 351 g/mol. The van der Waals surface area contributed by atoms with E-state index in [1.807, 2.05) is 49.5 Å². The van der Waals surface area contributed by atoms with Gasteiger partial charge in [0, 0.05) is 42.0 Å². The second kappa shape index (κ2) is 7.62. The van der Waals surface area contributed by atoms with Gasteiger partial charge in [-0.05, 0) is 34.0 Å². The number of hydrogen-bond donors (Lipinski definition) is 0. The first-order valence-corrected chi connectivity index (χ1v) is 9.88. The van der Waals surface area contributed by atoms with Crippen molar-refractivity contribution in [1.29, 1.82) is 0 Å². The lowest BCUT2D eigenvalue weighted by Gasteiger charge is -2.19. The number of carbonyl (C=O) groups excluding carboxylic acids is 1. The van der Waals surface area contributed by atoms with E-state index in [9.17, 15) is 9.00 Å². The van der Waals surface area contributed by atoms with Crippen molar-refractivity contribution in [2.75, 3.05) is 13.3 Å². The van der Waals surface area contributed by atoms with Crippen LogP contribution in [0.1, 0.15) is 21.5 Å². The number of nitrogens with zero attached hydrogens (tertiary/aromatic N) is 1. The van der Waals surface area contributed by atoms with Gasteiger partial charge in [0.05, 0.1) is 0 Å². The highest BCUT2D eigenvalue weighted by Crippen LogP contribution is 2.20. The van der Waals surface area contributed by atoms with Crippen LogP contribution in [0, 0.1) is 0 Å². The van der Waals surface area contributed by atoms with Crippen molar-refractivity contribution in [1.82, 2.24) is 4.90 Å². The molecule has 3 nitrogen and oxygen atoms in total. The molecule has 128 valence electrons. The average molecular weight is 351 g/mol. The normalized spacial score (nSPS) is 12.1. The minimum atomic E-state index is -0.921. The molecule has 0 saturated carbocycles. The van der Waals surface area contributed by atoms with Crippen LogP contribution < -0.4 is 0 Å². The molecule has 3 aromatic rings. The summed E-state index contributed by atoms with van der Waals surface area (Å²) in [6, 6.07) is 21.8. The fourth-order valence-corrected chi connectivity index (χ4v) is 3.66. The van der Waals surface area contributed by atoms with E-state index in [-0.39, 0.29) is 5.91 Å². The molecule has 1 unspecified atom stereocenters. The van der Waals surface area contributed by atoms with Crippen LogP contribution in [0.4, 0.5) is 0 Å². The second-order valence-corrected chi connectivity index (χ2v) is 7.65. The fourth-order valence-electron chi connectivity index (χ4n) is 3.01. The van der Waals surface area contributed by atoms with Gasteiger partial charge in [0.25, 0.3) is 5.91 Å². The molecule has 0 heterocycles. The number of hydrogen-bond acceptors (Lipinski definition) is 2. The van der Waals surface area contributed by atoms with Gasteiger partial charge in [-0.15, -0.1) is 0 Å². The van der Waals surface area contributed by atoms with Gasteiger partial charge in [-0.3, -0.25) is 9.00 Å². The van der Waals surface area contributed by atoms with E-state index >= 15 is 0 Å². The Balaban J connectivity index is 1.82. The summed E-state index contributed by atoms with van der Waals surface area (Å²) in [6.45, 7) is 0.546. The molecule has 0 aliphatic carbocycles. The molecule has 0 saturated heterocycles. The summed E-state index contributed by atoms with van der Waals surface area (Å²) in [5.41, 5.74) is 2.68. The molecule has 0 aliphatic rings. The lowest BCUT2D eigenvalue weighted by molar-refractivity contribution is 0.0785. The van der Waals surface area contributed by atoms with Gasteiger partial charge in [0.1, 0.15) is 0 Å². The van der Waals surface area contributed by atoms with E-state index in [1.165, 1.54) is 10.8 Å². The predicted molar refractivity (Wildman–Crippen MR) is 104 cm³/mol. The predicted octanol–water partition coefficient (Wildman–Crippen LogP) is 3.99. The molecule has 25 heavy (non-hydrogen) atoms. The van der Waals surface area contributed by atoms with Crippen LogP contribution in [0.3, 0.4) is 0 Å². The van der Waals surface area contributed by atoms with E-state index in [0.717, 1.165) is 11.1 Å².